The highest BCUT2D eigenvalue weighted by molar-refractivity contribution is 7.91. The van der Waals surface area contributed by atoms with Crippen LogP contribution >= 0.6 is 11.6 Å². The maximum Gasteiger partial charge on any atom is 0.408 e. The Morgan fingerprint density at radius 2 is 1.93 bits per heavy atom. The summed E-state index contributed by atoms with van der Waals surface area (Å²) >= 11 is 5.99. The van der Waals surface area contributed by atoms with Gasteiger partial charge in [0, 0.05) is 10.7 Å². The van der Waals surface area contributed by atoms with Crippen LogP contribution in [0.4, 0.5) is 10.5 Å². The first-order chi connectivity index (χ1) is 13.8. The summed E-state index contributed by atoms with van der Waals surface area (Å²) in [6.45, 7) is 8.30. The molecule has 1 atom stereocenters. The van der Waals surface area contributed by atoms with Crippen LogP contribution in [0.3, 0.4) is 0 Å². The molecule has 30 heavy (non-hydrogen) atoms. The van der Waals surface area contributed by atoms with Crippen LogP contribution in [0.25, 0.3) is 0 Å². The van der Waals surface area contributed by atoms with Gasteiger partial charge in [0.1, 0.15) is 17.4 Å². The molecule has 2 N–H and O–H groups in total. The third-order valence-electron chi connectivity index (χ3n) is 3.65. The maximum atomic E-state index is 12.4. The number of nitrogens with one attached hydrogen (secondary N) is 2. The Labute approximate surface area is 179 Å². The minimum atomic E-state index is -4.20. The topological polar surface area (TPSA) is 140 Å². The molecule has 1 heterocycles. The Kier molecular flexibility index (Phi) is 7.09. The van der Waals surface area contributed by atoms with Crippen molar-refractivity contribution in [3.8, 4) is 0 Å². The first kappa shape index (κ1) is 23.6. The smallest absolute Gasteiger partial charge is 0.408 e. The molecule has 2 rings (SSSR count). The number of anilines is 1. The van der Waals surface area contributed by atoms with Crippen molar-refractivity contribution >= 4 is 39.1 Å². The van der Waals surface area contributed by atoms with Gasteiger partial charge in [-0.25, -0.2) is 13.2 Å². The second kappa shape index (κ2) is 9.00. The van der Waals surface area contributed by atoms with Crippen LogP contribution in [0.2, 0.25) is 5.02 Å². The Bertz CT molecular complexity index is 1050. The van der Waals surface area contributed by atoms with Crippen molar-refractivity contribution in [1.29, 1.82) is 0 Å². The summed E-state index contributed by atoms with van der Waals surface area (Å²) in [5.41, 5.74) is 0.290. The van der Waals surface area contributed by atoms with Crippen LogP contribution in [0, 0.1) is 6.92 Å². The predicted molar refractivity (Wildman–Crippen MR) is 109 cm³/mol. The summed E-state index contributed by atoms with van der Waals surface area (Å²) in [6, 6.07) is 4.07. The number of halogens is 1. The monoisotopic (exact) mass is 458 g/mol. The number of carbonyl (C=O) groups is 2. The van der Waals surface area contributed by atoms with Crippen molar-refractivity contribution in [2.75, 3.05) is 11.1 Å². The molecule has 0 bridgehead atoms. The predicted octanol–water partition coefficient (Wildman–Crippen LogP) is 3.03. The maximum absolute atomic E-state index is 12.4. The van der Waals surface area contributed by atoms with E-state index in [0.717, 1.165) is 0 Å². The fraction of sp³-hybridized carbons (Fsp3) is 0.444. The van der Waals surface area contributed by atoms with Gasteiger partial charge >= 0.3 is 11.3 Å². The highest BCUT2D eigenvalue weighted by Gasteiger charge is 2.28. The number of sulfone groups is 1. The van der Waals surface area contributed by atoms with Crippen molar-refractivity contribution in [2.45, 2.75) is 51.5 Å². The summed E-state index contributed by atoms with van der Waals surface area (Å²) in [6.07, 6.45) is -0.728. The zero-order valence-corrected chi connectivity index (χ0v) is 18.7. The fourth-order valence-corrected chi connectivity index (χ4v) is 3.32. The van der Waals surface area contributed by atoms with Gasteiger partial charge in [0.15, 0.2) is 0 Å². The third-order valence-corrected chi connectivity index (χ3v) is 5.40. The molecule has 0 aliphatic heterocycles. The minimum absolute atomic E-state index is 0.148. The number of rotatable bonds is 6. The van der Waals surface area contributed by atoms with Crippen molar-refractivity contribution in [1.82, 2.24) is 15.5 Å². The standard InChI is InChI=1S/C18H23ClN4O6S/c1-10-12(19)7-6-8-13(10)21-14(24)9-30(26,27)17-23-22-15(28-17)11(2)20-16(25)29-18(3,4)5/h6-8,11H,9H2,1-5H3,(H,20,25)(H,21,24)/t11-/m0/s1. The van der Waals surface area contributed by atoms with Gasteiger partial charge in [-0.15, -0.1) is 5.10 Å². The molecule has 2 amide bonds. The van der Waals surface area contributed by atoms with Crippen molar-refractivity contribution in [2.24, 2.45) is 0 Å². The number of hydrogen-bond acceptors (Lipinski definition) is 8. The second-order valence-electron chi connectivity index (χ2n) is 7.49. The fourth-order valence-electron chi connectivity index (χ4n) is 2.23. The van der Waals surface area contributed by atoms with E-state index >= 15 is 0 Å². The normalized spacial score (nSPS) is 12.9. The number of hydrogen-bond donors (Lipinski definition) is 2. The molecule has 10 nitrogen and oxygen atoms in total. The summed E-state index contributed by atoms with van der Waals surface area (Å²) < 4.78 is 35.1. The van der Waals surface area contributed by atoms with Crippen LogP contribution < -0.4 is 10.6 Å². The van der Waals surface area contributed by atoms with Crippen LogP contribution in [-0.2, 0) is 19.4 Å². The average Bonchev–Trinajstić information content (AvgIpc) is 3.08. The highest BCUT2D eigenvalue weighted by atomic mass is 35.5. The van der Waals surface area contributed by atoms with E-state index in [2.05, 4.69) is 20.8 Å². The van der Waals surface area contributed by atoms with E-state index in [1.54, 1.807) is 45.9 Å². The summed E-state index contributed by atoms with van der Waals surface area (Å²) in [5.74, 6) is -1.85. The SMILES string of the molecule is Cc1c(Cl)cccc1NC(=O)CS(=O)(=O)c1nnc([C@H](C)NC(=O)OC(C)(C)C)o1. The molecule has 0 unspecified atom stereocenters. The molecule has 0 aliphatic carbocycles. The number of carbonyl (C=O) groups excluding carboxylic acids is 2. The number of ether oxygens (including phenoxy) is 1. The Hall–Kier alpha value is -2.66. The Balaban J connectivity index is 2.05. The lowest BCUT2D eigenvalue weighted by atomic mass is 10.2. The van der Waals surface area contributed by atoms with E-state index in [-0.39, 0.29) is 5.89 Å². The summed E-state index contributed by atoms with van der Waals surface area (Å²) in [4.78, 5) is 24.0. The van der Waals surface area contributed by atoms with Gasteiger partial charge in [-0.1, -0.05) is 22.8 Å². The van der Waals surface area contributed by atoms with Crippen molar-refractivity contribution in [3.63, 3.8) is 0 Å². The molecule has 0 saturated carbocycles. The van der Waals surface area contributed by atoms with E-state index in [0.29, 0.717) is 16.3 Å². The minimum Gasteiger partial charge on any atom is -0.444 e. The number of alkyl carbamates (subject to hydrolysis) is 1. The van der Waals surface area contributed by atoms with Gasteiger partial charge in [-0.05, 0) is 52.3 Å². The largest absolute Gasteiger partial charge is 0.444 e. The first-order valence-corrected chi connectivity index (χ1v) is 10.9. The summed E-state index contributed by atoms with van der Waals surface area (Å²) in [7, 11) is -4.20. The quantitative estimate of drug-likeness (QED) is 0.672. The van der Waals surface area contributed by atoms with Crippen LogP contribution in [0.15, 0.2) is 27.8 Å². The highest BCUT2D eigenvalue weighted by Crippen LogP contribution is 2.23. The zero-order chi connectivity index (χ0) is 22.7. The molecular formula is C18H23ClN4O6S. The van der Waals surface area contributed by atoms with Gasteiger partial charge in [0.25, 0.3) is 0 Å². The molecule has 0 radical (unpaired) electrons. The van der Waals surface area contributed by atoms with Gasteiger partial charge in [-0.2, -0.15) is 0 Å². The number of aromatic nitrogens is 2. The van der Waals surface area contributed by atoms with E-state index in [1.165, 1.54) is 6.92 Å². The van der Waals surface area contributed by atoms with E-state index in [4.69, 9.17) is 20.8 Å². The van der Waals surface area contributed by atoms with E-state index < -0.39 is 44.5 Å². The lowest BCUT2D eigenvalue weighted by molar-refractivity contribution is -0.113. The van der Waals surface area contributed by atoms with Crippen LogP contribution in [0.1, 0.15) is 45.2 Å². The number of nitrogens with zero attached hydrogens (tertiary/aromatic N) is 2. The molecule has 0 spiro atoms. The lowest BCUT2D eigenvalue weighted by Gasteiger charge is -2.20. The molecular weight excluding hydrogens is 436 g/mol. The molecule has 12 heteroatoms. The van der Waals surface area contributed by atoms with E-state index in [1.807, 2.05) is 0 Å². The average molecular weight is 459 g/mol. The van der Waals surface area contributed by atoms with Crippen LogP contribution in [-0.4, -0.2) is 42.0 Å². The Morgan fingerprint density at radius 3 is 2.57 bits per heavy atom. The second-order valence-corrected chi connectivity index (χ2v) is 9.77. The first-order valence-electron chi connectivity index (χ1n) is 8.89. The van der Waals surface area contributed by atoms with Crippen LogP contribution in [0.5, 0.6) is 0 Å². The van der Waals surface area contributed by atoms with Gasteiger partial charge < -0.3 is 19.8 Å². The Morgan fingerprint density at radius 1 is 1.27 bits per heavy atom. The third kappa shape index (κ3) is 6.42. The molecule has 1 aromatic heterocycles. The molecule has 0 saturated heterocycles. The molecule has 0 aliphatic rings. The molecule has 1 aromatic carbocycles. The molecule has 0 fully saturated rings. The number of benzene rings is 1. The van der Waals surface area contributed by atoms with Crippen molar-refractivity contribution in [3.05, 3.63) is 34.7 Å². The zero-order valence-electron chi connectivity index (χ0n) is 17.1. The van der Waals surface area contributed by atoms with Gasteiger partial charge in [-0.3, -0.25) is 4.79 Å². The lowest BCUT2D eigenvalue weighted by Crippen LogP contribution is -2.34. The van der Waals surface area contributed by atoms with Gasteiger partial charge in [0.2, 0.25) is 21.6 Å². The number of amides is 2. The van der Waals surface area contributed by atoms with E-state index in [9.17, 15) is 18.0 Å². The van der Waals surface area contributed by atoms with Crippen molar-refractivity contribution < 1.29 is 27.2 Å². The molecule has 2 aromatic rings. The van der Waals surface area contributed by atoms with Gasteiger partial charge in [0.05, 0.1) is 0 Å². The molecule has 164 valence electrons. The summed E-state index contributed by atoms with van der Waals surface area (Å²) in [5, 5.41) is 11.8.